The summed E-state index contributed by atoms with van der Waals surface area (Å²) < 4.78 is 10.6. The van der Waals surface area contributed by atoms with Crippen LogP contribution in [-0.4, -0.2) is 18.5 Å². The third-order valence-corrected chi connectivity index (χ3v) is 3.77. The summed E-state index contributed by atoms with van der Waals surface area (Å²) in [5, 5.41) is 4.48. The smallest absolute Gasteiger partial charge is 0.368 e. The van der Waals surface area contributed by atoms with Crippen LogP contribution in [0.25, 0.3) is 6.08 Å². The summed E-state index contributed by atoms with van der Waals surface area (Å²) >= 11 is 5.89. The van der Waals surface area contributed by atoms with Gasteiger partial charge >= 0.3 is 5.97 Å². The van der Waals surface area contributed by atoms with Gasteiger partial charge in [-0.15, -0.1) is 0 Å². The summed E-state index contributed by atoms with van der Waals surface area (Å²) in [6.07, 6.45) is 1.71. The Morgan fingerprint density at radius 3 is 2.65 bits per heavy atom. The molecule has 0 radical (unpaired) electrons. The predicted molar refractivity (Wildman–Crippen MR) is 84.6 cm³/mol. The van der Waals surface area contributed by atoms with Gasteiger partial charge in [0.25, 0.3) is 0 Å². The van der Waals surface area contributed by atoms with E-state index in [1.54, 1.807) is 42.5 Å². The number of hydrogen-bond acceptors (Lipinski definition) is 5. The highest BCUT2D eigenvalue weighted by molar-refractivity contribution is 6.32. The molecule has 4 rings (SSSR count). The minimum Gasteiger partial charge on any atom is -0.454 e. The first-order valence-corrected chi connectivity index (χ1v) is 7.25. The second kappa shape index (κ2) is 5.44. The quantitative estimate of drug-likeness (QED) is 0.626. The number of oxime groups is 1. The van der Waals surface area contributed by atoms with Crippen molar-refractivity contribution in [1.82, 2.24) is 0 Å². The third kappa shape index (κ3) is 2.55. The van der Waals surface area contributed by atoms with Crippen molar-refractivity contribution in [2.45, 2.75) is 0 Å². The largest absolute Gasteiger partial charge is 0.454 e. The van der Waals surface area contributed by atoms with E-state index < -0.39 is 5.97 Å². The molecule has 0 N–H and O–H groups in total. The van der Waals surface area contributed by atoms with Crippen LogP contribution in [0.2, 0.25) is 5.02 Å². The van der Waals surface area contributed by atoms with Crippen LogP contribution in [0.5, 0.6) is 11.5 Å². The van der Waals surface area contributed by atoms with Gasteiger partial charge in [-0.3, -0.25) is 0 Å². The zero-order valence-corrected chi connectivity index (χ0v) is 12.5. The van der Waals surface area contributed by atoms with Crippen molar-refractivity contribution in [1.29, 1.82) is 0 Å². The van der Waals surface area contributed by atoms with Crippen LogP contribution in [0, 0.1) is 0 Å². The molecule has 2 aliphatic heterocycles. The fraction of sp³-hybridized carbons (Fsp3) is 0.0588. The molecular formula is C17H10ClNO4. The van der Waals surface area contributed by atoms with Gasteiger partial charge in [-0.25, -0.2) is 4.79 Å². The Labute approximate surface area is 136 Å². The van der Waals surface area contributed by atoms with Crippen LogP contribution >= 0.6 is 11.6 Å². The SMILES string of the molecule is O=C1ON=C(c2ccc(Cl)cc2)/C1=C\c1ccc2c(c1)OCO2. The Morgan fingerprint density at radius 1 is 1.04 bits per heavy atom. The highest BCUT2D eigenvalue weighted by atomic mass is 35.5. The highest BCUT2D eigenvalue weighted by Gasteiger charge is 2.27. The molecule has 0 aliphatic carbocycles. The zero-order chi connectivity index (χ0) is 15.8. The van der Waals surface area contributed by atoms with Crippen molar-refractivity contribution < 1.29 is 19.1 Å². The van der Waals surface area contributed by atoms with Crippen molar-refractivity contribution in [3.63, 3.8) is 0 Å². The molecule has 0 saturated carbocycles. The minimum absolute atomic E-state index is 0.203. The summed E-state index contributed by atoms with van der Waals surface area (Å²) in [6.45, 7) is 0.203. The number of fused-ring (bicyclic) bond motifs is 1. The molecule has 2 aromatic rings. The predicted octanol–water partition coefficient (Wildman–Crippen LogP) is 3.41. The van der Waals surface area contributed by atoms with Gasteiger partial charge in [0, 0.05) is 10.6 Å². The normalized spacial score (nSPS) is 17.3. The number of halogens is 1. The van der Waals surface area contributed by atoms with E-state index in [1.807, 2.05) is 6.07 Å². The minimum atomic E-state index is -0.493. The van der Waals surface area contributed by atoms with Gasteiger partial charge in [-0.2, -0.15) is 0 Å². The zero-order valence-electron chi connectivity index (χ0n) is 11.8. The molecule has 2 aliphatic rings. The van der Waals surface area contributed by atoms with E-state index >= 15 is 0 Å². The van der Waals surface area contributed by atoms with Gasteiger partial charge in [0.1, 0.15) is 5.71 Å². The van der Waals surface area contributed by atoms with Crippen molar-refractivity contribution in [3.8, 4) is 11.5 Å². The number of carbonyl (C=O) groups excluding carboxylic acids is 1. The molecule has 2 aromatic carbocycles. The second-order valence-electron chi connectivity index (χ2n) is 5.00. The average Bonchev–Trinajstić information content (AvgIpc) is 3.16. The molecule has 6 heteroatoms. The third-order valence-electron chi connectivity index (χ3n) is 3.52. The Balaban J connectivity index is 1.72. The number of ether oxygens (including phenoxy) is 2. The molecular weight excluding hydrogens is 318 g/mol. The van der Waals surface area contributed by atoms with Gasteiger partial charge in [-0.1, -0.05) is 35.0 Å². The Kier molecular flexibility index (Phi) is 3.28. The number of carbonyl (C=O) groups is 1. The molecule has 0 fully saturated rings. The molecule has 0 spiro atoms. The van der Waals surface area contributed by atoms with E-state index in [1.165, 1.54) is 0 Å². The van der Waals surface area contributed by atoms with Crippen molar-refractivity contribution in [2.24, 2.45) is 5.16 Å². The van der Waals surface area contributed by atoms with E-state index in [-0.39, 0.29) is 6.79 Å². The van der Waals surface area contributed by atoms with Crippen LogP contribution in [-0.2, 0) is 9.63 Å². The van der Waals surface area contributed by atoms with Crippen LogP contribution in [0.4, 0.5) is 0 Å². The summed E-state index contributed by atoms with van der Waals surface area (Å²) in [4.78, 5) is 16.8. The number of rotatable bonds is 2. The van der Waals surface area contributed by atoms with E-state index in [0.717, 1.165) is 11.1 Å². The van der Waals surface area contributed by atoms with Gasteiger partial charge in [0.05, 0.1) is 5.57 Å². The maximum atomic E-state index is 12.0. The molecule has 0 amide bonds. The lowest BCUT2D eigenvalue weighted by Crippen LogP contribution is -2.06. The van der Waals surface area contributed by atoms with E-state index in [2.05, 4.69) is 5.16 Å². The molecule has 0 saturated heterocycles. The molecule has 2 heterocycles. The van der Waals surface area contributed by atoms with Crippen LogP contribution in [0.1, 0.15) is 11.1 Å². The van der Waals surface area contributed by atoms with Gasteiger partial charge < -0.3 is 14.3 Å². The molecule has 0 aromatic heterocycles. The first-order chi connectivity index (χ1) is 11.2. The van der Waals surface area contributed by atoms with Gasteiger partial charge in [0.2, 0.25) is 6.79 Å². The monoisotopic (exact) mass is 327 g/mol. The van der Waals surface area contributed by atoms with Gasteiger partial charge in [0.15, 0.2) is 11.5 Å². The average molecular weight is 328 g/mol. The molecule has 0 bridgehead atoms. The Hall–Kier alpha value is -2.79. The van der Waals surface area contributed by atoms with Crippen molar-refractivity contribution in [2.75, 3.05) is 6.79 Å². The lowest BCUT2D eigenvalue weighted by molar-refractivity contribution is -0.136. The maximum absolute atomic E-state index is 12.0. The van der Waals surface area contributed by atoms with Crippen LogP contribution in [0.15, 0.2) is 53.2 Å². The molecule has 0 unspecified atom stereocenters. The standard InChI is InChI=1S/C17H10ClNO4/c18-12-4-2-11(3-5-12)16-13(17(20)23-19-16)7-10-1-6-14-15(8-10)22-9-21-14/h1-8H,9H2/b13-7+. The lowest BCUT2D eigenvalue weighted by atomic mass is 10.0. The number of hydrogen-bond donors (Lipinski definition) is 0. The molecule has 0 atom stereocenters. The lowest BCUT2D eigenvalue weighted by Gasteiger charge is -2.02. The Morgan fingerprint density at radius 2 is 1.83 bits per heavy atom. The van der Waals surface area contributed by atoms with E-state index in [0.29, 0.717) is 27.8 Å². The maximum Gasteiger partial charge on any atom is 0.368 e. The number of benzene rings is 2. The summed E-state index contributed by atoms with van der Waals surface area (Å²) in [5.41, 5.74) is 2.41. The summed E-state index contributed by atoms with van der Waals surface area (Å²) in [6, 6.07) is 12.5. The fourth-order valence-electron chi connectivity index (χ4n) is 2.39. The topological polar surface area (TPSA) is 57.1 Å². The summed E-state index contributed by atoms with van der Waals surface area (Å²) in [7, 11) is 0. The molecule has 5 nitrogen and oxygen atoms in total. The molecule has 23 heavy (non-hydrogen) atoms. The first-order valence-electron chi connectivity index (χ1n) is 6.88. The van der Waals surface area contributed by atoms with E-state index in [9.17, 15) is 4.79 Å². The summed E-state index contributed by atoms with van der Waals surface area (Å²) in [5.74, 6) is 0.844. The van der Waals surface area contributed by atoms with Crippen molar-refractivity contribution in [3.05, 3.63) is 64.2 Å². The first kappa shape index (κ1) is 13.8. The Bertz CT molecular complexity index is 855. The van der Waals surface area contributed by atoms with Crippen molar-refractivity contribution >= 4 is 29.4 Å². The van der Waals surface area contributed by atoms with Crippen LogP contribution < -0.4 is 9.47 Å². The fourth-order valence-corrected chi connectivity index (χ4v) is 2.52. The second-order valence-corrected chi connectivity index (χ2v) is 5.43. The highest BCUT2D eigenvalue weighted by Crippen LogP contribution is 2.33. The van der Waals surface area contributed by atoms with Crippen LogP contribution in [0.3, 0.4) is 0 Å². The molecule has 114 valence electrons. The van der Waals surface area contributed by atoms with Gasteiger partial charge in [-0.05, 0) is 35.9 Å². The van der Waals surface area contributed by atoms with E-state index in [4.69, 9.17) is 25.9 Å². The number of nitrogens with zero attached hydrogens (tertiary/aromatic N) is 1.